The Hall–Kier alpha value is -1.75. The van der Waals surface area contributed by atoms with E-state index in [-0.39, 0.29) is 12.2 Å². The maximum absolute atomic E-state index is 11.5. The topological polar surface area (TPSA) is 65.0 Å². The summed E-state index contributed by atoms with van der Waals surface area (Å²) in [7, 11) is 2.81. The Labute approximate surface area is 105 Å². The van der Waals surface area contributed by atoms with Crippen molar-refractivity contribution in [2.24, 2.45) is 0 Å². The molecule has 2 rings (SSSR count). The van der Waals surface area contributed by atoms with E-state index in [0.29, 0.717) is 29.9 Å². The van der Waals surface area contributed by atoms with Crippen LogP contribution in [0.3, 0.4) is 0 Å². The zero-order chi connectivity index (χ0) is 13.1. The van der Waals surface area contributed by atoms with Crippen LogP contribution in [0.1, 0.15) is 23.2 Å². The van der Waals surface area contributed by atoms with Gasteiger partial charge in [0, 0.05) is 18.9 Å². The van der Waals surface area contributed by atoms with Gasteiger partial charge in [-0.15, -0.1) is 0 Å². The van der Waals surface area contributed by atoms with Crippen molar-refractivity contribution in [2.45, 2.75) is 25.0 Å². The number of rotatable bonds is 4. The Morgan fingerprint density at radius 1 is 1.33 bits per heavy atom. The van der Waals surface area contributed by atoms with Gasteiger partial charge in [0.05, 0.1) is 20.3 Å². The van der Waals surface area contributed by atoms with Crippen LogP contribution < -0.4 is 9.47 Å². The molecule has 98 valence electrons. The molecule has 0 aromatic heterocycles. The van der Waals surface area contributed by atoms with Gasteiger partial charge in [-0.2, -0.15) is 0 Å². The van der Waals surface area contributed by atoms with Crippen LogP contribution in [0.15, 0.2) is 18.2 Å². The molecular formula is C13H16O5. The van der Waals surface area contributed by atoms with Gasteiger partial charge in [-0.25, -0.2) is 4.79 Å². The number of hydrogen-bond donors (Lipinski definition) is 1. The molecule has 0 unspecified atom stereocenters. The molecule has 0 amide bonds. The summed E-state index contributed by atoms with van der Waals surface area (Å²) >= 11 is 0. The van der Waals surface area contributed by atoms with Crippen LogP contribution in [0, 0.1) is 0 Å². The van der Waals surface area contributed by atoms with Crippen LogP contribution in [0.5, 0.6) is 11.5 Å². The number of hydrogen-bond acceptors (Lipinski definition) is 5. The monoisotopic (exact) mass is 252 g/mol. The molecule has 1 aliphatic rings. The summed E-state index contributed by atoms with van der Waals surface area (Å²) in [4.78, 5) is 11.5. The first kappa shape index (κ1) is 12.7. The third-order valence-corrected chi connectivity index (χ3v) is 2.95. The lowest BCUT2D eigenvalue weighted by Gasteiger charge is -2.31. The Morgan fingerprint density at radius 2 is 2.06 bits per heavy atom. The normalized spacial score (nSPS) is 21.9. The molecule has 5 nitrogen and oxygen atoms in total. The Morgan fingerprint density at radius 3 is 2.61 bits per heavy atom. The summed E-state index contributed by atoms with van der Waals surface area (Å²) < 4.78 is 15.4. The van der Waals surface area contributed by atoms with E-state index in [9.17, 15) is 9.90 Å². The van der Waals surface area contributed by atoms with E-state index >= 15 is 0 Å². The van der Waals surface area contributed by atoms with Crippen molar-refractivity contribution in [1.82, 2.24) is 0 Å². The van der Waals surface area contributed by atoms with Gasteiger partial charge in [0.1, 0.15) is 23.2 Å². The Kier molecular flexibility index (Phi) is 3.72. The minimum absolute atomic E-state index is 0.0358. The second-order valence-corrected chi connectivity index (χ2v) is 4.22. The summed E-state index contributed by atoms with van der Waals surface area (Å²) in [5, 5.41) is 9.18. The Balaban J connectivity index is 2.11. The first-order valence-corrected chi connectivity index (χ1v) is 5.75. The highest BCUT2D eigenvalue weighted by Gasteiger charge is 2.29. The van der Waals surface area contributed by atoms with E-state index in [0.717, 1.165) is 0 Å². The number of aliphatic hydroxyl groups is 1. The molecule has 1 aromatic carbocycles. The lowest BCUT2D eigenvalue weighted by molar-refractivity contribution is -0.0108. The molecule has 0 spiro atoms. The third kappa shape index (κ3) is 2.56. The van der Waals surface area contributed by atoms with Crippen molar-refractivity contribution in [3.8, 4) is 11.5 Å². The zero-order valence-electron chi connectivity index (χ0n) is 10.4. The molecule has 1 aliphatic carbocycles. The number of carbonyl (C=O) groups excluding carboxylic acids is 1. The highest BCUT2D eigenvalue weighted by molar-refractivity contribution is 5.92. The number of methoxy groups -OCH3 is 2. The van der Waals surface area contributed by atoms with Crippen molar-refractivity contribution >= 4 is 5.97 Å². The number of ether oxygens (including phenoxy) is 3. The molecule has 1 N–H and O–H groups in total. The first-order chi connectivity index (χ1) is 8.63. The molecule has 0 radical (unpaired) electrons. The van der Waals surface area contributed by atoms with Crippen LogP contribution in [0.4, 0.5) is 0 Å². The second kappa shape index (κ2) is 5.27. The zero-order valence-corrected chi connectivity index (χ0v) is 10.4. The fourth-order valence-electron chi connectivity index (χ4n) is 1.85. The fourth-order valence-corrected chi connectivity index (χ4v) is 1.85. The number of carbonyl (C=O) groups is 1. The first-order valence-electron chi connectivity index (χ1n) is 5.75. The minimum Gasteiger partial charge on any atom is -0.496 e. The lowest BCUT2D eigenvalue weighted by Crippen LogP contribution is -2.37. The standard InChI is InChI=1S/C13H16O5/c1-16-12-7-9(18-10-5-8(14)6-10)3-4-11(12)13(15)17-2/h3-4,7-8,10,14H,5-6H2,1-2H3. The minimum atomic E-state index is -0.447. The van der Waals surface area contributed by atoms with Crippen LogP contribution in [0.2, 0.25) is 0 Å². The van der Waals surface area contributed by atoms with E-state index < -0.39 is 5.97 Å². The van der Waals surface area contributed by atoms with Gasteiger partial charge in [0.2, 0.25) is 0 Å². The number of benzene rings is 1. The van der Waals surface area contributed by atoms with E-state index in [2.05, 4.69) is 4.74 Å². The molecule has 1 saturated carbocycles. The van der Waals surface area contributed by atoms with E-state index in [4.69, 9.17) is 9.47 Å². The van der Waals surface area contributed by atoms with E-state index in [1.54, 1.807) is 18.2 Å². The van der Waals surface area contributed by atoms with Crippen LogP contribution in [0.25, 0.3) is 0 Å². The second-order valence-electron chi connectivity index (χ2n) is 4.22. The van der Waals surface area contributed by atoms with Crippen molar-refractivity contribution < 1.29 is 24.1 Å². The van der Waals surface area contributed by atoms with Crippen LogP contribution in [-0.4, -0.2) is 37.5 Å². The van der Waals surface area contributed by atoms with Crippen molar-refractivity contribution in [3.63, 3.8) is 0 Å². The van der Waals surface area contributed by atoms with Crippen LogP contribution >= 0.6 is 0 Å². The van der Waals surface area contributed by atoms with Gasteiger partial charge >= 0.3 is 5.97 Å². The predicted molar refractivity (Wildman–Crippen MR) is 64.0 cm³/mol. The molecule has 0 atom stereocenters. The van der Waals surface area contributed by atoms with Crippen molar-refractivity contribution in [3.05, 3.63) is 23.8 Å². The molecular weight excluding hydrogens is 236 g/mol. The highest BCUT2D eigenvalue weighted by Crippen LogP contribution is 2.30. The fraction of sp³-hybridized carbons (Fsp3) is 0.462. The number of aliphatic hydroxyl groups excluding tert-OH is 1. The predicted octanol–water partition coefficient (Wildman–Crippen LogP) is 1.38. The largest absolute Gasteiger partial charge is 0.496 e. The highest BCUT2D eigenvalue weighted by atomic mass is 16.5. The molecule has 0 bridgehead atoms. The summed E-state index contributed by atoms with van der Waals surface area (Å²) in [6, 6.07) is 4.95. The molecule has 0 saturated heterocycles. The number of esters is 1. The lowest BCUT2D eigenvalue weighted by atomic mass is 9.92. The molecule has 1 fully saturated rings. The Bertz CT molecular complexity index is 437. The average molecular weight is 252 g/mol. The average Bonchev–Trinajstić information content (AvgIpc) is 2.36. The maximum atomic E-state index is 11.5. The van der Waals surface area contributed by atoms with Gasteiger partial charge in [-0.3, -0.25) is 0 Å². The van der Waals surface area contributed by atoms with Gasteiger partial charge in [-0.1, -0.05) is 0 Å². The van der Waals surface area contributed by atoms with Gasteiger partial charge in [-0.05, 0) is 12.1 Å². The van der Waals surface area contributed by atoms with Gasteiger partial charge < -0.3 is 19.3 Å². The van der Waals surface area contributed by atoms with Crippen LogP contribution in [-0.2, 0) is 4.74 Å². The smallest absolute Gasteiger partial charge is 0.341 e. The summed E-state index contributed by atoms with van der Waals surface area (Å²) in [6.45, 7) is 0. The molecule has 5 heteroatoms. The summed E-state index contributed by atoms with van der Waals surface area (Å²) in [5.41, 5.74) is 0.362. The third-order valence-electron chi connectivity index (χ3n) is 2.95. The van der Waals surface area contributed by atoms with Crippen molar-refractivity contribution in [1.29, 1.82) is 0 Å². The SMILES string of the molecule is COC(=O)c1ccc(OC2CC(O)C2)cc1OC. The van der Waals surface area contributed by atoms with Gasteiger partial charge in [0.15, 0.2) is 0 Å². The van der Waals surface area contributed by atoms with E-state index in [1.807, 2.05) is 0 Å². The summed E-state index contributed by atoms with van der Waals surface area (Å²) in [5.74, 6) is 0.591. The molecule has 0 aliphatic heterocycles. The maximum Gasteiger partial charge on any atom is 0.341 e. The molecule has 1 aromatic rings. The molecule has 18 heavy (non-hydrogen) atoms. The summed E-state index contributed by atoms with van der Waals surface area (Å²) in [6.07, 6.45) is 1.06. The quantitative estimate of drug-likeness (QED) is 0.820. The van der Waals surface area contributed by atoms with Gasteiger partial charge in [0.25, 0.3) is 0 Å². The molecule has 0 heterocycles. The van der Waals surface area contributed by atoms with Crippen molar-refractivity contribution in [2.75, 3.05) is 14.2 Å². The van der Waals surface area contributed by atoms with E-state index in [1.165, 1.54) is 14.2 Å².